The number of aromatic amines is 1. The maximum absolute atomic E-state index is 13.6. The molecule has 1 saturated heterocycles. The lowest BCUT2D eigenvalue weighted by Gasteiger charge is -2.35. The molecule has 0 radical (unpaired) electrons. The molecule has 4 rings (SSSR count). The summed E-state index contributed by atoms with van der Waals surface area (Å²) in [5.41, 5.74) is 1.49. The lowest BCUT2D eigenvalue weighted by Crippen LogP contribution is -2.45. The van der Waals surface area contributed by atoms with Crippen LogP contribution >= 0.6 is 0 Å². The second-order valence-corrected chi connectivity index (χ2v) is 7.79. The van der Waals surface area contributed by atoms with Gasteiger partial charge in [0.25, 0.3) is 5.56 Å². The van der Waals surface area contributed by atoms with Crippen molar-refractivity contribution in [3.05, 3.63) is 76.3 Å². The summed E-state index contributed by atoms with van der Waals surface area (Å²) in [6, 6.07) is 16.8. The Morgan fingerprint density at radius 3 is 2.50 bits per heavy atom. The first-order valence-electron chi connectivity index (χ1n) is 10.7. The van der Waals surface area contributed by atoms with Crippen molar-refractivity contribution in [3.8, 4) is 0 Å². The van der Waals surface area contributed by atoms with Gasteiger partial charge in [0, 0.05) is 13.1 Å². The quantitative estimate of drug-likeness (QED) is 0.683. The number of amides is 1. The molecular weight excluding hydrogens is 376 g/mol. The Hall–Kier alpha value is -2.99. The first-order valence-corrected chi connectivity index (χ1v) is 10.7. The second kappa shape index (κ2) is 9.22. The van der Waals surface area contributed by atoms with E-state index in [0.717, 1.165) is 31.5 Å². The van der Waals surface area contributed by atoms with Crippen molar-refractivity contribution < 1.29 is 4.79 Å². The van der Waals surface area contributed by atoms with Gasteiger partial charge in [-0.3, -0.25) is 14.5 Å². The summed E-state index contributed by atoms with van der Waals surface area (Å²) in [7, 11) is 0. The molecule has 0 bridgehead atoms. The molecule has 3 aromatic rings. The van der Waals surface area contributed by atoms with Crippen LogP contribution < -0.4 is 5.56 Å². The number of fused-ring (bicyclic) bond motifs is 1. The van der Waals surface area contributed by atoms with Crippen LogP contribution in [-0.4, -0.2) is 45.3 Å². The predicted octanol–water partition coefficient (Wildman–Crippen LogP) is 3.50. The minimum absolute atomic E-state index is 0.130. The maximum Gasteiger partial charge on any atom is 0.258 e. The van der Waals surface area contributed by atoms with Gasteiger partial charge in [0.1, 0.15) is 11.9 Å². The van der Waals surface area contributed by atoms with Crippen LogP contribution in [0.1, 0.15) is 43.6 Å². The van der Waals surface area contributed by atoms with E-state index < -0.39 is 6.04 Å². The molecule has 1 N–H and O–H groups in total. The van der Waals surface area contributed by atoms with E-state index in [-0.39, 0.29) is 11.5 Å². The highest BCUT2D eigenvalue weighted by Crippen LogP contribution is 2.26. The average Bonchev–Trinajstić information content (AvgIpc) is 2.80. The van der Waals surface area contributed by atoms with Crippen molar-refractivity contribution >= 4 is 16.8 Å². The average molecular weight is 405 g/mol. The highest BCUT2D eigenvalue weighted by Gasteiger charge is 2.31. The van der Waals surface area contributed by atoms with Crippen LogP contribution in [0.3, 0.4) is 0 Å². The van der Waals surface area contributed by atoms with Crippen molar-refractivity contribution in [2.75, 3.05) is 19.6 Å². The fourth-order valence-electron chi connectivity index (χ4n) is 4.22. The van der Waals surface area contributed by atoms with E-state index in [1.807, 2.05) is 60.4 Å². The molecule has 1 aliphatic heterocycles. The summed E-state index contributed by atoms with van der Waals surface area (Å²) in [5.74, 6) is 0.707. The molecule has 2 aromatic carbocycles. The van der Waals surface area contributed by atoms with Gasteiger partial charge in [-0.15, -0.1) is 0 Å². The number of nitrogens with zero attached hydrogens (tertiary/aromatic N) is 3. The summed E-state index contributed by atoms with van der Waals surface area (Å²) in [4.78, 5) is 37.7. The highest BCUT2D eigenvalue weighted by atomic mass is 16.2. The van der Waals surface area contributed by atoms with Crippen LogP contribution in [-0.2, 0) is 11.3 Å². The molecule has 1 aromatic heterocycles. The number of aromatic nitrogens is 2. The molecule has 0 saturated carbocycles. The summed E-state index contributed by atoms with van der Waals surface area (Å²) >= 11 is 0. The van der Waals surface area contributed by atoms with Crippen LogP contribution in [0.4, 0.5) is 0 Å². The van der Waals surface area contributed by atoms with Gasteiger partial charge in [0.15, 0.2) is 0 Å². The van der Waals surface area contributed by atoms with E-state index in [0.29, 0.717) is 29.8 Å². The van der Waals surface area contributed by atoms with E-state index in [4.69, 9.17) is 0 Å². The van der Waals surface area contributed by atoms with Crippen molar-refractivity contribution in [2.45, 2.75) is 38.8 Å². The van der Waals surface area contributed by atoms with Crippen LogP contribution in [0.15, 0.2) is 59.4 Å². The number of rotatable bonds is 6. The highest BCUT2D eigenvalue weighted by molar-refractivity contribution is 5.83. The summed E-state index contributed by atoms with van der Waals surface area (Å²) < 4.78 is 0. The number of carbonyl (C=O) groups excluding carboxylic acids is 1. The number of piperidine rings is 1. The molecule has 0 aliphatic carbocycles. The summed E-state index contributed by atoms with van der Waals surface area (Å²) in [5, 5.41) is 0.577. The zero-order chi connectivity index (χ0) is 20.9. The number of likely N-dealkylation sites (tertiary alicyclic amines) is 1. The smallest absolute Gasteiger partial charge is 0.258 e. The number of nitrogens with one attached hydrogen (secondary N) is 1. The fourth-order valence-corrected chi connectivity index (χ4v) is 4.22. The number of likely N-dealkylation sites (N-methyl/N-ethyl adjacent to an activating group) is 1. The number of para-hydroxylation sites is 1. The maximum atomic E-state index is 13.6. The molecule has 30 heavy (non-hydrogen) atoms. The SMILES string of the molecule is CCN(Cc1nc2ccccc2c(=O)[nH]1)C(C(=O)N1CCCCC1)c1ccccc1. The Morgan fingerprint density at radius 1 is 1.07 bits per heavy atom. The number of benzene rings is 2. The van der Waals surface area contributed by atoms with Crippen LogP contribution in [0, 0.1) is 0 Å². The third-order valence-corrected chi connectivity index (χ3v) is 5.80. The molecule has 0 spiro atoms. The normalized spacial score (nSPS) is 15.5. The molecule has 6 nitrogen and oxygen atoms in total. The standard InChI is InChI=1S/C24H28N4O2/c1-2-27(17-21-25-20-14-8-7-13-19(20)23(29)26-21)22(18-11-5-3-6-12-18)24(30)28-15-9-4-10-16-28/h3,5-8,11-14,22H,2,4,9-10,15-17H2,1H3,(H,25,26,29). The summed E-state index contributed by atoms with van der Waals surface area (Å²) in [6.07, 6.45) is 3.29. The van der Waals surface area contributed by atoms with Crippen molar-refractivity contribution in [1.29, 1.82) is 0 Å². The molecule has 1 aliphatic rings. The predicted molar refractivity (Wildman–Crippen MR) is 118 cm³/mol. The Labute approximate surface area is 176 Å². The van der Waals surface area contributed by atoms with Gasteiger partial charge >= 0.3 is 0 Å². The monoisotopic (exact) mass is 404 g/mol. The van der Waals surface area contributed by atoms with Crippen LogP contribution in [0.2, 0.25) is 0 Å². The van der Waals surface area contributed by atoms with Crippen molar-refractivity contribution in [1.82, 2.24) is 19.8 Å². The zero-order valence-corrected chi connectivity index (χ0v) is 17.4. The number of H-pyrrole nitrogens is 1. The van der Waals surface area contributed by atoms with Gasteiger partial charge in [-0.05, 0) is 43.5 Å². The lowest BCUT2D eigenvalue weighted by molar-refractivity contribution is -0.138. The topological polar surface area (TPSA) is 69.3 Å². The Morgan fingerprint density at radius 2 is 1.77 bits per heavy atom. The molecule has 6 heteroatoms. The first-order chi connectivity index (χ1) is 14.7. The summed E-state index contributed by atoms with van der Waals surface area (Å²) in [6.45, 7) is 4.72. The number of hydrogen-bond donors (Lipinski definition) is 1. The third kappa shape index (κ3) is 4.28. The molecule has 156 valence electrons. The fraction of sp³-hybridized carbons (Fsp3) is 0.375. The third-order valence-electron chi connectivity index (χ3n) is 5.80. The Kier molecular flexibility index (Phi) is 6.23. The molecule has 1 fully saturated rings. The largest absolute Gasteiger partial charge is 0.341 e. The van der Waals surface area contributed by atoms with Gasteiger partial charge in [-0.2, -0.15) is 0 Å². The minimum Gasteiger partial charge on any atom is -0.341 e. The molecule has 1 unspecified atom stereocenters. The van der Waals surface area contributed by atoms with E-state index in [1.165, 1.54) is 6.42 Å². The van der Waals surface area contributed by atoms with Gasteiger partial charge in [-0.1, -0.05) is 49.4 Å². The van der Waals surface area contributed by atoms with Gasteiger partial charge < -0.3 is 9.88 Å². The second-order valence-electron chi connectivity index (χ2n) is 7.79. The number of hydrogen-bond acceptors (Lipinski definition) is 4. The molecule has 1 atom stereocenters. The van der Waals surface area contributed by atoms with Crippen LogP contribution in [0.5, 0.6) is 0 Å². The van der Waals surface area contributed by atoms with Crippen molar-refractivity contribution in [3.63, 3.8) is 0 Å². The van der Waals surface area contributed by atoms with Gasteiger partial charge in [-0.25, -0.2) is 4.98 Å². The van der Waals surface area contributed by atoms with Gasteiger partial charge in [0.05, 0.1) is 17.4 Å². The Bertz CT molecular complexity index is 1060. The lowest BCUT2D eigenvalue weighted by atomic mass is 10.0. The van der Waals surface area contributed by atoms with E-state index in [2.05, 4.69) is 14.9 Å². The molecular formula is C24H28N4O2. The Balaban J connectivity index is 1.67. The van der Waals surface area contributed by atoms with Crippen molar-refractivity contribution in [2.24, 2.45) is 0 Å². The van der Waals surface area contributed by atoms with E-state index in [1.54, 1.807) is 6.07 Å². The van der Waals surface area contributed by atoms with E-state index >= 15 is 0 Å². The number of carbonyl (C=O) groups is 1. The zero-order valence-electron chi connectivity index (χ0n) is 17.4. The molecule has 2 heterocycles. The van der Waals surface area contributed by atoms with Crippen LogP contribution in [0.25, 0.3) is 10.9 Å². The minimum atomic E-state index is -0.397. The molecule has 1 amide bonds. The van der Waals surface area contributed by atoms with E-state index in [9.17, 15) is 9.59 Å². The first kappa shape index (κ1) is 20.3. The van der Waals surface area contributed by atoms with Gasteiger partial charge in [0.2, 0.25) is 5.91 Å².